The van der Waals surface area contributed by atoms with Gasteiger partial charge in [0, 0.05) is 4.88 Å². The third-order valence-electron chi connectivity index (χ3n) is 3.00. The lowest BCUT2D eigenvalue weighted by Crippen LogP contribution is -2.21. The normalized spacial score (nSPS) is 12.4. The van der Waals surface area contributed by atoms with Gasteiger partial charge in [-0.05, 0) is 48.2 Å². The van der Waals surface area contributed by atoms with Crippen LogP contribution >= 0.6 is 11.3 Å². The van der Waals surface area contributed by atoms with Crippen LogP contribution in [0.2, 0.25) is 0 Å². The second kappa shape index (κ2) is 6.17. The molecule has 1 unspecified atom stereocenters. The molecule has 102 valence electrons. The van der Waals surface area contributed by atoms with Crippen LogP contribution in [0.15, 0.2) is 29.6 Å². The summed E-state index contributed by atoms with van der Waals surface area (Å²) in [7, 11) is 1.49. The summed E-state index contributed by atoms with van der Waals surface area (Å²) in [5.41, 5.74) is 2.22. The molecule has 0 fully saturated rings. The lowest BCUT2D eigenvalue weighted by atomic mass is 10.0. The topological polar surface area (TPSA) is 21.3 Å². The lowest BCUT2D eigenvalue weighted by molar-refractivity contribution is 0.385. The van der Waals surface area contributed by atoms with Crippen LogP contribution in [0.4, 0.5) is 4.39 Å². The van der Waals surface area contributed by atoms with Crippen molar-refractivity contribution in [3.8, 4) is 5.75 Å². The molecular weight excluding hydrogens is 261 g/mol. The molecule has 0 aliphatic carbocycles. The molecule has 0 radical (unpaired) electrons. The maximum atomic E-state index is 13.5. The van der Waals surface area contributed by atoms with Crippen molar-refractivity contribution in [2.75, 3.05) is 13.7 Å². The average molecular weight is 279 g/mol. The molecule has 0 amide bonds. The number of halogens is 1. The van der Waals surface area contributed by atoms with E-state index in [1.54, 1.807) is 23.5 Å². The van der Waals surface area contributed by atoms with Crippen molar-refractivity contribution >= 4 is 11.3 Å². The number of benzene rings is 1. The van der Waals surface area contributed by atoms with Gasteiger partial charge >= 0.3 is 0 Å². The van der Waals surface area contributed by atoms with Gasteiger partial charge in [-0.3, -0.25) is 0 Å². The molecule has 19 heavy (non-hydrogen) atoms. The van der Waals surface area contributed by atoms with E-state index in [0.717, 1.165) is 12.1 Å². The zero-order valence-electron chi connectivity index (χ0n) is 11.4. The van der Waals surface area contributed by atoms with Crippen molar-refractivity contribution in [1.29, 1.82) is 0 Å². The Morgan fingerprint density at radius 2 is 2.11 bits per heavy atom. The first-order chi connectivity index (χ1) is 9.15. The smallest absolute Gasteiger partial charge is 0.165 e. The molecular formula is C15H18FNOS. The largest absolute Gasteiger partial charge is 0.494 e. The van der Waals surface area contributed by atoms with Gasteiger partial charge in [-0.25, -0.2) is 4.39 Å². The van der Waals surface area contributed by atoms with E-state index in [1.807, 2.05) is 0 Å². The van der Waals surface area contributed by atoms with Crippen molar-refractivity contribution < 1.29 is 9.13 Å². The van der Waals surface area contributed by atoms with Gasteiger partial charge in [-0.2, -0.15) is 0 Å². The molecule has 0 aliphatic rings. The van der Waals surface area contributed by atoms with Gasteiger partial charge in [0.2, 0.25) is 0 Å². The standard InChI is InChI=1S/C15H18FNOS/c1-4-17-15(12-7-10(2)19-9-12)11-5-6-13(16)14(8-11)18-3/h5-9,15,17H,4H2,1-3H3. The van der Waals surface area contributed by atoms with Crippen LogP contribution in [0.25, 0.3) is 0 Å². The first-order valence-electron chi connectivity index (χ1n) is 6.27. The minimum atomic E-state index is -0.331. The Kier molecular flexibility index (Phi) is 4.56. The molecule has 0 saturated heterocycles. The number of nitrogens with one attached hydrogen (secondary N) is 1. The van der Waals surface area contributed by atoms with Crippen LogP contribution in [0.5, 0.6) is 5.75 Å². The fourth-order valence-corrected chi connectivity index (χ4v) is 2.83. The molecule has 1 N–H and O–H groups in total. The monoisotopic (exact) mass is 279 g/mol. The van der Waals surface area contributed by atoms with E-state index in [-0.39, 0.29) is 17.6 Å². The second-order valence-corrected chi connectivity index (χ2v) is 5.49. The third-order valence-corrected chi connectivity index (χ3v) is 3.88. The highest BCUT2D eigenvalue weighted by atomic mass is 32.1. The van der Waals surface area contributed by atoms with Crippen LogP contribution in [0.3, 0.4) is 0 Å². The summed E-state index contributed by atoms with van der Waals surface area (Å²) in [6.07, 6.45) is 0. The van der Waals surface area contributed by atoms with Crippen LogP contribution in [0.1, 0.15) is 29.0 Å². The summed E-state index contributed by atoms with van der Waals surface area (Å²) in [6, 6.07) is 7.25. The van der Waals surface area contributed by atoms with Crippen LogP contribution in [-0.4, -0.2) is 13.7 Å². The molecule has 1 aromatic carbocycles. The van der Waals surface area contributed by atoms with E-state index < -0.39 is 0 Å². The Morgan fingerprint density at radius 1 is 1.32 bits per heavy atom. The van der Waals surface area contributed by atoms with Gasteiger partial charge < -0.3 is 10.1 Å². The molecule has 1 atom stereocenters. The van der Waals surface area contributed by atoms with Gasteiger partial charge in [0.15, 0.2) is 11.6 Å². The molecule has 1 heterocycles. The number of hydrogen-bond acceptors (Lipinski definition) is 3. The molecule has 0 bridgehead atoms. The summed E-state index contributed by atoms with van der Waals surface area (Å²) in [5, 5.41) is 5.57. The summed E-state index contributed by atoms with van der Waals surface area (Å²) >= 11 is 1.72. The quantitative estimate of drug-likeness (QED) is 0.896. The molecule has 0 aliphatic heterocycles. The highest BCUT2D eigenvalue weighted by Crippen LogP contribution is 2.29. The maximum absolute atomic E-state index is 13.5. The minimum Gasteiger partial charge on any atom is -0.494 e. The Bertz CT molecular complexity index is 553. The van der Waals surface area contributed by atoms with Crippen molar-refractivity contribution in [1.82, 2.24) is 5.32 Å². The van der Waals surface area contributed by atoms with Crippen molar-refractivity contribution in [3.05, 3.63) is 51.5 Å². The SMILES string of the molecule is CCNC(c1csc(C)c1)c1ccc(F)c(OC)c1. The first kappa shape index (κ1) is 14.0. The van der Waals surface area contributed by atoms with Crippen LogP contribution < -0.4 is 10.1 Å². The van der Waals surface area contributed by atoms with Gasteiger partial charge in [0.25, 0.3) is 0 Å². The summed E-state index contributed by atoms with van der Waals surface area (Å²) < 4.78 is 18.5. The summed E-state index contributed by atoms with van der Waals surface area (Å²) in [6.45, 7) is 4.99. The number of ether oxygens (including phenoxy) is 1. The van der Waals surface area contributed by atoms with Crippen molar-refractivity contribution in [2.45, 2.75) is 19.9 Å². The average Bonchev–Trinajstić information content (AvgIpc) is 2.83. The van der Waals surface area contributed by atoms with E-state index >= 15 is 0 Å². The van der Waals surface area contributed by atoms with Crippen molar-refractivity contribution in [3.63, 3.8) is 0 Å². The molecule has 1 aromatic heterocycles. The molecule has 2 rings (SSSR count). The van der Waals surface area contributed by atoms with Crippen LogP contribution in [0, 0.1) is 12.7 Å². The Labute approximate surface area is 117 Å². The number of thiophene rings is 1. The molecule has 4 heteroatoms. The molecule has 0 spiro atoms. The molecule has 2 nitrogen and oxygen atoms in total. The van der Waals surface area contributed by atoms with Gasteiger partial charge in [0.1, 0.15) is 0 Å². The summed E-state index contributed by atoms with van der Waals surface area (Å²) in [4.78, 5) is 1.27. The predicted molar refractivity (Wildman–Crippen MR) is 77.5 cm³/mol. The Balaban J connectivity index is 2.38. The number of rotatable bonds is 5. The number of hydrogen-bond donors (Lipinski definition) is 1. The van der Waals surface area contributed by atoms with Gasteiger partial charge in [-0.1, -0.05) is 13.0 Å². The fourth-order valence-electron chi connectivity index (χ4n) is 2.10. The Morgan fingerprint density at radius 3 is 2.68 bits per heavy atom. The van der Waals surface area contributed by atoms with Gasteiger partial charge in [0.05, 0.1) is 13.2 Å². The fraction of sp³-hybridized carbons (Fsp3) is 0.333. The zero-order chi connectivity index (χ0) is 13.8. The molecule has 0 saturated carbocycles. The van der Waals surface area contributed by atoms with E-state index in [1.165, 1.54) is 23.6 Å². The summed E-state index contributed by atoms with van der Waals surface area (Å²) in [5.74, 6) is -0.0460. The zero-order valence-corrected chi connectivity index (χ0v) is 12.2. The second-order valence-electron chi connectivity index (χ2n) is 4.38. The van der Waals surface area contributed by atoms with E-state index in [4.69, 9.17) is 4.74 Å². The maximum Gasteiger partial charge on any atom is 0.165 e. The predicted octanol–water partition coefficient (Wildman–Crippen LogP) is 3.90. The first-order valence-corrected chi connectivity index (χ1v) is 7.15. The van der Waals surface area contributed by atoms with Gasteiger partial charge in [-0.15, -0.1) is 11.3 Å². The van der Waals surface area contributed by atoms with E-state index in [9.17, 15) is 4.39 Å². The third kappa shape index (κ3) is 3.14. The highest BCUT2D eigenvalue weighted by Gasteiger charge is 2.16. The van der Waals surface area contributed by atoms with Crippen molar-refractivity contribution in [2.24, 2.45) is 0 Å². The van der Waals surface area contributed by atoms with Crippen LogP contribution in [-0.2, 0) is 0 Å². The Hall–Kier alpha value is -1.39. The lowest BCUT2D eigenvalue weighted by Gasteiger charge is -2.18. The number of aryl methyl sites for hydroxylation is 1. The highest BCUT2D eigenvalue weighted by molar-refractivity contribution is 7.10. The van der Waals surface area contributed by atoms with E-state index in [0.29, 0.717) is 0 Å². The number of methoxy groups -OCH3 is 1. The molecule has 2 aromatic rings. The van der Waals surface area contributed by atoms with E-state index in [2.05, 4.69) is 30.6 Å². The minimum absolute atomic E-state index is 0.0736.